The first kappa shape index (κ1) is 19.9. The lowest BCUT2D eigenvalue weighted by Crippen LogP contribution is -2.48. The summed E-state index contributed by atoms with van der Waals surface area (Å²) in [4.78, 5) is 16.5. The summed E-state index contributed by atoms with van der Waals surface area (Å²) in [6.45, 7) is 2.86. The molecule has 3 aromatic rings. The average Bonchev–Trinajstić information content (AvgIpc) is 3.32. The lowest BCUT2D eigenvalue weighted by Gasteiger charge is -2.34. The number of amides is 1. The topological polar surface area (TPSA) is 77.0 Å². The van der Waals surface area contributed by atoms with Gasteiger partial charge in [-0.15, -0.1) is 10.2 Å². The van der Waals surface area contributed by atoms with Crippen molar-refractivity contribution in [3.63, 3.8) is 0 Å². The number of para-hydroxylation sites is 1. The smallest absolute Gasteiger partial charge is 0.246 e. The van der Waals surface area contributed by atoms with Crippen LogP contribution < -0.4 is 19.1 Å². The first-order chi connectivity index (χ1) is 15.7. The van der Waals surface area contributed by atoms with Crippen LogP contribution in [0.2, 0.25) is 0 Å². The minimum Gasteiger partial charge on any atom is -0.454 e. The first-order valence-corrected chi connectivity index (χ1v) is 10.4. The van der Waals surface area contributed by atoms with Crippen LogP contribution in [0, 0.1) is 0 Å². The van der Waals surface area contributed by atoms with Crippen LogP contribution in [0.4, 0.5) is 5.82 Å². The Bertz CT molecular complexity index is 1110. The number of nitrogens with zero attached hydrogens (tertiary/aromatic N) is 4. The molecule has 1 saturated heterocycles. The summed E-state index contributed by atoms with van der Waals surface area (Å²) in [5.41, 5.74) is 0.898. The molecule has 0 bridgehead atoms. The molecule has 0 spiro atoms. The molecule has 0 atom stereocenters. The molecule has 1 amide bonds. The van der Waals surface area contributed by atoms with Crippen LogP contribution >= 0.6 is 0 Å². The predicted octanol–water partition coefficient (Wildman–Crippen LogP) is 3.36. The van der Waals surface area contributed by atoms with E-state index in [-0.39, 0.29) is 12.7 Å². The van der Waals surface area contributed by atoms with Crippen molar-refractivity contribution in [2.45, 2.75) is 0 Å². The molecule has 2 aliphatic rings. The van der Waals surface area contributed by atoms with Gasteiger partial charge in [0.05, 0.1) is 0 Å². The highest BCUT2D eigenvalue weighted by atomic mass is 16.7. The zero-order chi connectivity index (χ0) is 21.8. The highest BCUT2D eigenvalue weighted by molar-refractivity contribution is 5.92. The lowest BCUT2D eigenvalue weighted by molar-refractivity contribution is -0.126. The van der Waals surface area contributed by atoms with Crippen molar-refractivity contribution in [1.29, 1.82) is 0 Å². The summed E-state index contributed by atoms with van der Waals surface area (Å²) in [6, 6.07) is 18.8. The Kier molecular flexibility index (Phi) is 5.57. The summed E-state index contributed by atoms with van der Waals surface area (Å²) in [7, 11) is 0. The van der Waals surface area contributed by atoms with E-state index in [0.29, 0.717) is 37.8 Å². The van der Waals surface area contributed by atoms with Crippen molar-refractivity contribution >= 4 is 17.8 Å². The Hall–Kier alpha value is -4.07. The standard InChI is InChI=1S/C24H22N4O4/c29-24(11-7-18-6-8-20-21(16-18)31-17-30-20)28-14-12-27(13-15-28)22-9-10-23(26-25-22)32-19-4-2-1-3-5-19/h1-11,16H,12-15,17H2/b11-7+. The van der Waals surface area contributed by atoms with E-state index in [0.717, 1.165) is 22.9 Å². The highest BCUT2D eigenvalue weighted by Crippen LogP contribution is 2.32. The second kappa shape index (κ2) is 8.97. The average molecular weight is 430 g/mol. The maximum absolute atomic E-state index is 12.6. The van der Waals surface area contributed by atoms with Crippen LogP contribution in [0.1, 0.15) is 5.56 Å². The fourth-order valence-corrected chi connectivity index (χ4v) is 3.59. The molecule has 0 radical (unpaired) electrons. The van der Waals surface area contributed by atoms with Gasteiger partial charge >= 0.3 is 0 Å². The van der Waals surface area contributed by atoms with Gasteiger partial charge in [0.25, 0.3) is 0 Å². The van der Waals surface area contributed by atoms with Crippen LogP contribution in [0.5, 0.6) is 23.1 Å². The highest BCUT2D eigenvalue weighted by Gasteiger charge is 2.21. The van der Waals surface area contributed by atoms with Gasteiger partial charge in [0.1, 0.15) is 5.75 Å². The Balaban J connectivity index is 1.14. The zero-order valence-electron chi connectivity index (χ0n) is 17.4. The number of fused-ring (bicyclic) bond motifs is 1. The van der Waals surface area contributed by atoms with Crippen molar-refractivity contribution in [2.24, 2.45) is 0 Å². The second-order valence-corrected chi connectivity index (χ2v) is 7.40. The van der Waals surface area contributed by atoms with Crippen LogP contribution in [-0.4, -0.2) is 54.0 Å². The fraction of sp³-hybridized carbons (Fsp3) is 0.208. The summed E-state index contributed by atoms with van der Waals surface area (Å²) in [5.74, 6) is 3.35. The maximum Gasteiger partial charge on any atom is 0.246 e. The van der Waals surface area contributed by atoms with Crippen molar-refractivity contribution in [2.75, 3.05) is 37.9 Å². The molecule has 2 aromatic carbocycles. The molecule has 1 fully saturated rings. The Morgan fingerprint density at radius 3 is 2.50 bits per heavy atom. The van der Waals surface area contributed by atoms with E-state index in [1.807, 2.05) is 59.5 Å². The summed E-state index contributed by atoms with van der Waals surface area (Å²) < 4.78 is 16.4. The Morgan fingerprint density at radius 2 is 1.72 bits per heavy atom. The summed E-state index contributed by atoms with van der Waals surface area (Å²) >= 11 is 0. The third-order valence-electron chi connectivity index (χ3n) is 5.32. The van der Waals surface area contributed by atoms with Crippen LogP contribution in [-0.2, 0) is 4.79 Å². The number of anilines is 1. The van der Waals surface area contributed by atoms with Crippen LogP contribution in [0.15, 0.2) is 66.7 Å². The van der Waals surface area contributed by atoms with Crippen molar-refractivity contribution in [3.8, 4) is 23.1 Å². The molecule has 32 heavy (non-hydrogen) atoms. The monoisotopic (exact) mass is 430 g/mol. The minimum atomic E-state index is -0.0139. The molecule has 0 aliphatic carbocycles. The number of benzene rings is 2. The number of rotatable bonds is 5. The van der Waals surface area contributed by atoms with Gasteiger partial charge in [-0.1, -0.05) is 24.3 Å². The first-order valence-electron chi connectivity index (χ1n) is 10.4. The van der Waals surface area contributed by atoms with Gasteiger partial charge in [-0.25, -0.2) is 0 Å². The number of ether oxygens (including phenoxy) is 3. The number of carbonyl (C=O) groups is 1. The normalized spacial score (nSPS) is 15.2. The van der Waals surface area contributed by atoms with Crippen molar-refractivity contribution < 1.29 is 19.0 Å². The van der Waals surface area contributed by atoms with Gasteiger partial charge in [-0.2, -0.15) is 0 Å². The van der Waals surface area contributed by atoms with Gasteiger partial charge in [0.15, 0.2) is 17.3 Å². The predicted molar refractivity (Wildman–Crippen MR) is 119 cm³/mol. The largest absolute Gasteiger partial charge is 0.454 e. The van der Waals surface area contributed by atoms with Gasteiger partial charge in [0, 0.05) is 38.3 Å². The molecular weight excluding hydrogens is 408 g/mol. The number of hydrogen-bond acceptors (Lipinski definition) is 7. The minimum absolute atomic E-state index is 0.0139. The molecule has 162 valence electrons. The molecule has 8 nitrogen and oxygen atoms in total. The third kappa shape index (κ3) is 4.49. The van der Waals surface area contributed by atoms with E-state index in [9.17, 15) is 4.79 Å². The molecule has 5 rings (SSSR count). The van der Waals surface area contributed by atoms with Gasteiger partial charge < -0.3 is 24.0 Å². The number of hydrogen-bond donors (Lipinski definition) is 0. The van der Waals surface area contributed by atoms with Crippen LogP contribution in [0.25, 0.3) is 6.08 Å². The van der Waals surface area contributed by atoms with Gasteiger partial charge in [-0.05, 0) is 42.0 Å². The van der Waals surface area contributed by atoms with E-state index in [2.05, 4.69) is 15.1 Å². The molecule has 3 heterocycles. The van der Waals surface area contributed by atoms with Gasteiger partial charge in [-0.3, -0.25) is 4.79 Å². The summed E-state index contributed by atoms with van der Waals surface area (Å²) in [5, 5.41) is 8.45. The Labute approximate surface area is 185 Å². The fourth-order valence-electron chi connectivity index (χ4n) is 3.59. The molecule has 2 aliphatic heterocycles. The molecule has 1 aromatic heterocycles. The van der Waals surface area contributed by atoms with Crippen molar-refractivity contribution in [3.05, 3.63) is 72.3 Å². The lowest BCUT2D eigenvalue weighted by atomic mass is 10.2. The number of aromatic nitrogens is 2. The molecular formula is C24H22N4O4. The molecule has 0 unspecified atom stereocenters. The zero-order valence-corrected chi connectivity index (χ0v) is 17.4. The molecule has 0 saturated carbocycles. The van der Waals surface area contributed by atoms with E-state index in [1.54, 1.807) is 18.2 Å². The van der Waals surface area contributed by atoms with Crippen LogP contribution in [0.3, 0.4) is 0 Å². The number of carbonyl (C=O) groups excluding carboxylic acids is 1. The molecule has 8 heteroatoms. The third-order valence-corrected chi connectivity index (χ3v) is 5.32. The number of piperazine rings is 1. The SMILES string of the molecule is O=C(/C=C/c1ccc2c(c1)OCO2)N1CCN(c2ccc(Oc3ccccc3)nn2)CC1. The van der Waals surface area contributed by atoms with E-state index in [1.165, 1.54) is 0 Å². The quantitative estimate of drug-likeness (QED) is 0.575. The Morgan fingerprint density at radius 1 is 0.906 bits per heavy atom. The van der Waals surface area contributed by atoms with E-state index in [4.69, 9.17) is 14.2 Å². The molecule has 0 N–H and O–H groups in total. The van der Waals surface area contributed by atoms with E-state index >= 15 is 0 Å². The summed E-state index contributed by atoms with van der Waals surface area (Å²) in [6.07, 6.45) is 3.40. The van der Waals surface area contributed by atoms with Gasteiger partial charge in [0.2, 0.25) is 18.6 Å². The maximum atomic E-state index is 12.6. The second-order valence-electron chi connectivity index (χ2n) is 7.40. The van der Waals surface area contributed by atoms with E-state index < -0.39 is 0 Å². The van der Waals surface area contributed by atoms with Crippen molar-refractivity contribution in [1.82, 2.24) is 15.1 Å².